The Kier molecular flexibility index (Phi) is 8.87. The summed E-state index contributed by atoms with van der Waals surface area (Å²) in [6.07, 6.45) is 0.834. The van der Waals surface area contributed by atoms with Crippen LogP contribution in [0.15, 0.2) is 78.2 Å². The van der Waals surface area contributed by atoms with Crippen LogP contribution in [-0.2, 0) is 10.0 Å². The molecule has 0 amide bonds. The number of para-hydroxylation sites is 1. The number of aryl methyl sites for hydroxylation is 1. The van der Waals surface area contributed by atoms with Crippen molar-refractivity contribution in [1.29, 1.82) is 0 Å². The van der Waals surface area contributed by atoms with Crippen molar-refractivity contribution in [2.45, 2.75) is 18.4 Å². The lowest BCUT2D eigenvalue weighted by atomic mass is 10.1. The molecule has 0 atom stereocenters. The second-order valence-corrected chi connectivity index (χ2v) is 12.5. The van der Waals surface area contributed by atoms with Gasteiger partial charge in [0.15, 0.2) is 16.7 Å². The van der Waals surface area contributed by atoms with Gasteiger partial charge in [-0.2, -0.15) is 13.5 Å². The van der Waals surface area contributed by atoms with E-state index in [4.69, 9.17) is 26.8 Å². The van der Waals surface area contributed by atoms with Crippen LogP contribution in [0, 0.1) is 18.6 Å². The first-order valence-corrected chi connectivity index (χ1v) is 15.9. The lowest BCUT2D eigenvalue weighted by Crippen LogP contribution is -2.16. The number of anilines is 2. The number of sulfonamides is 1. The maximum absolute atomic E-state index is 14.0. The molecule has 0 aliphatic carbocycles. The number of aromatic nitrogens is 5. The molecular formula is C31H22ClF4N7O5S. The average Bonchev–Trinajstić information content (AvgIpc) is 3.64. The number of nitrogens with two attached hydrogens (primary N) is 1. The van der Waals surface area contributed by atoms with Crippen LogP contribution >= 0.6 is 11.6 Å². The van der Waals surface area contributed by atoms with Gasteiger partial charge in [-0.15, -0.1) is 0 Å². The standard InChI is InChI=1S/C31H22ClF4N7O5S/c1-15-7-27(48-30-19(33)3-2-4-20(30)34)39-13-24(15)43-31(37)18(12-40-43)29(44)23-8-16-9-25(47-14-26(35)36)22(11-21(16)41-23)42-49(45,46)28-10-17(32)5-6-38-28/h2-13,26,41-42H,14,37H2,1H3. The van der Waals surface area contributed by atoms with Gasteiger partial charge >= 0.3 is 0 Å². The van der Waals surface area contributed by atoms with Gasteiger partial charge in [0.1, 0.15) is 18.2 Å². The van der Waals surface area contributed by atoms with E-state index in [-0.39, 0.29) is 44.9 Å². The Morgan fingerprint density at radius 2 is 1.84 bits per heavy atom. The fraction of sp³-hybridized carbons (Fsp3) is 0.0968. The molecule has 0 spiro atoms. The molecule has 18 heteroatoms. The lowest BCUT2D eigenvalue weighted by molar-refractivity contribution is 0.0823. The summed E-state index contributed by atoms with van der Waals surface area (Å²) in [6.45, 7) is 0.604. The summed E-state index contributed by atoms with van der Waals surface area (Å²) in [5.41, 5.74) is 7.15. The van der Waals surface area contributed by atoms with Gasteiger partial charge < -0.3 is 20.2 Å². The lowest BCUT2D eigenvalue weighted by Gasteiger charge is -2.14. The fourth-order valence-electron chi connectivity index (χ4n) is 4.72. The highest BCUT2D eigenvalue weighted by molar-refractivity contribution is 7.92. The van der Waals surface area contributed by atoms with E-state index in [9.17, 15) is 30.8 Å². The van der Waals surface area contributed by atoms with E-state index in [1.54, 1.807) is 6.92 Å². The molecule has 6 rings (SSSR count). The van der Waals surface area contributed by atoms with Crippen molar-refractivity contribution in [3.63, 3.8) is 0 Å². The third-order valence-corrected chi connectivity index (χ3v) is 8.51. The molecular weight excluding hydrogens is 694 g/mol. The molecule has 4 N–H and O–H groups in total. The predicted molar refractivity (Wildman–Crippen MR) is 170 cm³/mol. The number of pyridine rings is 2. The number of nitrogens with one attached hydrogen (secondary N) is 2. The molecule has 2 aromatic carbocycles. The zero-order chi connectivity index (χ0) is 35.0. The van der Waals surface area contributed by atoms with Crippen molar-refractivity contribution in [3.05, 3.63) is 107 Å². The number of hydrogen-bond acceptors (Lipinski definition) is 9. The van der Waals surface area contributed by atoms with Crippen molar-refractivity contribution in [2.75, 3.05) is 17.1 Å². The van der Waals surface area contributed by atoms with Gasteiger partial charge in [0.2, 0.25) is 17.4 Å². The minimum absolute atomic E-state index is 0.00286. The molecule has 0 unspecified atom stereocenters. The molecule has 6 aromatic rings. The van der Waals surface area contributed by atoms with Crippen LogP contribution in [0.1, 0.15) is 21.6 Å². The van der Waals surface area contributed by atoms with Gasteiger partial charge in [0, 0.05) is 28.2 Å². The smallest absolute Gasteiger partial charge is 0.279 e. The van der Waals surface area contributed by atoms with Gasteiger partial charge in [-0.25, -0.2) is 32.2 Å². The van der Waals surface area contributed by atoms with Gasteiger partial charge in [-0.1, -0.05) is 17.7 Å². The number of ether oxygens (including phenoxy) is 2. The van der Waals surface area contributed by atoms with E-state index >= 15 is 0 Å². The van der Waals surface area contributed by atoms with E-state index < -0.39 is 51.2 Å². The van der Waals surface area contributed by atoms with Crippen LogP contribution < -0.4 is 19.9 Å². The minimum atomic E-state index is -4.34. The first-order valence-electron chi connectivity index (χ1n) is 14.0. The molecule has 0 aliphatic rings. The van der Waals surface area contributed by atoms with E-state index in [0.29, 0.717) is 16.6 Å². The number of fused-ring (bicyclic) bond motifs is 1. The van der Waals surface area contributed by atoms with Gasteiger partial charge in [0.05, 0.1) is 35.0 Å². The average molecular weight is 716 g/mol. The molecule has 12 nitrogen and oxygen atoms in total. The number of rotatable bonds is 11. The van der Waals surface area contributed by atoms with Crippen LogP contribution in [-0.4, -0.2) is 52.0 Å². The fourth-order valence-corrected chi connectivity index (χ4v) is 5.98. The van der Waals surface area contributed by atoms with Crippen LogP contribution in [0.4, 0.5) is 29.1 Å². The third-order valence-electron chi connectivity index (χ3n) is 7.01. The van der Waals surface area contributed by atoms with Crippen LogP contribution in [0.5, 0.6) is 17.4 Å². The second-order valence-electron chi connectivity index (χ2n) is 10.4. The molecule has 49 heavy (non-hydrogen) atoms. The number of carbonyl (C=O) groups is 1. The Hall–Kier alpha value is -5.68. The zero-order valence-corrected chi connectivity index (χ0v) is 26.5. The van der Waals surface area contributed by atoms with E-state index in [2.05, 4.69) is 24.8 Å². The van der Waals surface area contributed by atoms with E-state index in [0.717, 1.165) is 18.2 Å². The quantitative estimate of drug-likeness (QED) is 0.101. The molecule has 0 saturated heterocycles. The SMILES string of the molecule is Cc1cc(Oc2c(F)cccc2F)ncc1-n1ncc(C(=O)c2cc3cc(OCC(F)F)c(NS(=O)(=O)c4cc(Cl)ccn4)cc3[nH]2)c1N. The highest BCUT2D eigenvalue weighted by atomic mass is 35.5. The van der Waals surface area contributed by atoms with Crippen LogP contribution in [0.3, 0.4) is 0 Å². The van der Waals surface area contributed by atoms with Crippen molar-refractivity contribution < 1.29 is 40.2 Å². The van der Waals surface area contributed by atoms with Gasteiger partial charge in [-0.3, -0.25) is 9.52 Å². The predicted octanol–water partition coefficient (Wildman–Crippen LogP) is 6.43. The number of nitrogen functional groups attached to an aromatic ring is 1. The summed E-state index contributed by atoms with van der Waals surface area (Å²) in [6, 6.07) is 11.1. The van der Waals surface area contributed by atoms with Gasteiger partial charge in [-0.05, 0) is 55.0 Å². The van der Waals surface area contributed by atoms with E-state index in [1.807, 2.05) is 0 Å². The summed E-state index contributed by atoms with van der Waals surface area (Å²) in [5, 5.41) is 4.20. The van der Waals surface area contributed by atoms with Crippen LogP contribution in [0.25, 0.3) is 16.6 Å². The Morgan fingerprint density at radius 3 is 2.53 bits per heavy atom. The number of nitrogens with zero attached hydrogens (tertiary/aromatic N) is 4. The first-order chi connectivity index (χ1) is 23.3. The Bertz CT molecular complexity index is 2330. The number of aromatic amines is 1. The highest BCUT2D eigenvalue weighted by Gasteiger charge is 2.24. The number of alkyl halides is 2. The van der Waals surface area contributed by atoms with Crippen molar-refractivity contribution in [3.8, 4) is 23.1 Å². The molecule has 4 heterocycles. The molecule has 0 aliphatic heterocycles. The monoisotopic (exact) mass is 715 g/mol. The third kappa shape index (κ3) is 6.84. The molecule has 0 bridgehead atoms. The Balaban J connectivity index is 1.29. The number of carbonyl (C=O) groups excluding carboxylic acids is 1. The highest BCUT2D eigenvalue weighted by Crippen LogP contribution is 2.34. The normalized spacial score (nSPS) is 11.7. The molecule has 252 valence electrons. The minimum Gasteiger partial charge on any atom is -0.485 e. The number of hydrogen-bond donors (Lipinski definition) is 3. The maximum atomic E-state index is 14.0. The van der Waals surface area contributed by atoms with Crippen molar-refractivity contribution in [1.82, 2.24) is 24.7 Å². The molecule has 0 fully saturated rings. The second kappa shape index (κ2) is 13.1. The Morgan fingerprint density at radius 1 is 1.08 bits per heavy atom. The molecule has 0 saturated carbocycles. The Labute approximate surface area is 279 Å². The summed E-state index contributed by atoms with van der Waals surface area (Å²) >= 11 is 5.91. The first kappa shape index (κ1) is 33.2. The largest absolute Gasteiger partial charge is 0.485 e. The zero-order valence-electron chi connectivity index (χ0n) is 24.9. The van der Waals surface area contributed by atoms with Crippen LogP contribution in [0.2, 0.25) is 5.02 Å². The number of H-pyrrole nitrogens is 1. The van der Waals surface area contributed by atoms with Crippen molar-refractivity contribution in [2.24, 2.45) is 0 Å². The summed E-state index contributed by atoms with van der Waals surface area (Å²) in [5.74, 6) is -3.48. The van der Waals surface area contributed by atoms with E-state index in [1.165, 1.54) is 59.7 Å². The van der Waals surface area contributed by atoms with Crippen molar-refractivity contribution >= 4 is 49.8 Å². The summed E-state index contributed by atoms with van der Waals surface area (Å²) < 4.78 is 94.2. The van der Waals surface area contributed by atoms with Gasteiger partial charge in [0.25, 0.3) is 16.4 Å². The number of halogens is 5. The number of benzene rings is 2. The summed E-state index contributed by atoms with van der Waals surface area (Å²) in [7, 11) is -4.34. The maximum Gasteiger partial charge on any atom is 0.279 e. The topological polar surface area (TPSA) is 167 Å². The number of ketones is 1. The molecule has 4 aromatic heterocycles. The molecule has 0 radical (unpaired) electrons. The summed E-state index contributed by atoms with van der Waals surface area (Å²) in [4.78, 5) is 24.3.